The Balaban J connectivity index is 2.41. The standard InChI is InChI=1S/C13H10N4/c1-2-9-17-11(6-7-14)10-13(16-17)12-5-3-4-8-15-12/h1,3-5,8,10H,6,9H2. The summed E-state index contributed by atoms with van der Waals surface area (Å²) in [5, 5.41) is 13.1. The Morgan fingerprint density at radius 2 is 2.24 bits per heavy atom. The van der Waals surface area contributed by atoms with Crippen molar-refractivity contribution in [1.29, 1.82) is 5.26 Å². The molecule has 0 fully saturated rings. The molecule has 0 radical (unpaired) electrons. The third-order valence-corrected chi connectivity index (χ3v) is 2.29. The molecule has 4 nitrogen and oxygen atoms in total. The molecule has 0 N–H and O–H groups in total. The van der Waals surface area contributed by atoms with Crippen LogP contribution in [0.1, 0.15) is 5.69 Å². The topological polar surface area (TPSA) is 54.5 Å². The summed E-state index contributed by atoms with van der Waals surface area (Å²) in [5.41, 5.74) is 2.33. The van der Waals surface area contributed by atoms with Gasteiger partial charge in [-0.1, -0.05) is 12.0 Å². The van der Waals surface area contributed by atoms with E-state index >= 15 is 0 Å². The third-order valence-electron chi connectivity index (χ3n) is 2.29. The van der Waals surface area contributed by atoms with E-state index in [0.29, 0.717) is 13.0 Å². The highest BCUT2D eigenvalue weighted by Gasteiger charge is 2.09. The van der Waals surface area contributed by atoms with Crippen LogP contribution in [0.5, 0.6) is 0 Å². The number of nitriles is 1. The second-order valence-electron chi connectivity index (χ2n) is 3.43. The molecular formula is C13H10N4. The van der Waals surface area contributed by atoms with E-state index < -0.39 is 0 Å². The molecule has 0 unspecified atom stereocenters. The first-order valence-corrected chi connectivity index (χ1v) is 5.13. The number of nitrogens with zero attached hydrogens (tertiary/aromatic N) is 4. The van der Waals surface area contributed by atoms with Crippen LogP contribution in [-0.4, -0.2) is 14.8 Å². The summed E-state index contributed by atoms with van der Waals surface area (Å²) < 4.78 is 1.66. The maximum absolute atomic E-state index is 8.73. The van der Waals surface area contributed by atoms with Crippen LogP contribution in [0.25, 0.3) is 11.4 Å². The Hall–Kier alpha value is -2.59. The van der Waals surface area contributed by atoms with Crippen molar-refractivity contribution in [3.05, 3.63) is 36.2 Å². The molecule has 0 saturated heterocycles. The molecule has 0 aliphatic rings. The number of pyridine rings is 1. The zero-order chi connectivity index (χ0) is 12.1. The quantitative estimate of drug-likeness (QED) is 0.742. The first-order chi connectivity index (χ1) is 8.35. The molecular weight excluding hydrogens is 212 g/mol. The van der Waals surface area contributed by atoms with Gasteiger partial charge in [0.25, 0.3) is 0 Å². The molecule has 0 spiro atoms. The molecule has 0 aliphatic carbocycles. The van der Waals surface area contributed by atoms with Crippen molar-refractivity contribution in [1.82, 2.24) is 14.8 Å². The van der Waals surface area contributed by atoms with E-state index in [0.717, 1.165) is 17.1 Å². The number of aromatic nitrogens is 3. The van der Waals surface area contributed by atoms with Gasteiger partial charge in [-0.3, -0.25) is 9.67 Å². The van der Waals surface area contributed by atoms with Gasteiger partial charge in [0.2, 0.25) is 0 Å². The predicted molar refractivity (Wildman–Crippen MR) is 63.6 cm³/mol. The average molecular weight is 222 g/mol. The Morgan fingerprint density at radius 1 is 1.35 bits per heavy atom. The molecule has 17 heavy (non-hydrogen) atoms. The van der Waals surface area contributed by atoms with E-state index in [4.69, 9.17) is 11.7 Å². The molecule has 0 atom stereocenters. The Morgan fingerprint density at radius 3 is 2.88 bits per heavy atom. The molecule has 0 aromatic carbocycles. The summed E-state index contributed by atoms with van der Waals surface area (Å²) in [4.78, 5) is 4.21. The molecule has 82 valence electrons. The second-order valence-corrected chi connectivity index (χ2v) is 3.43. The fraction of sp³-hybridized carbons (Fsp3) is 0.154. The summed E-state index contributed by atoms with van der Waals surface area (Å²) in [6, 6.07) is 9.56. The van der Waals surface area contributed by atoms with Crippen LogP contribution in [0.15, 0.2) is 30.5 Å². The molecule has 0 bridgehead atoms. The smallest absolute Gasteiger partial charge is 0.111 e. The highest BCUT2D eigenvalue weighted by molar-refractivity contribution is 5.54. The lowest BCUT2D eigenvalue weighted by Gasteiger charge is -1.97. The Kier molecular flexibility index (Phi) is 3.18. The summed E-state index contributed by atoms with van der Waals surface area (Å²) in [6.45, 7) is 0.365. The number of terminal acetylenes is 1. The minimum Gasteiger partial charge on any atom is -0.256 e. The predicted octanol–water partition coefficient (Wildman–Crippen LogP) is 1.64. The third kappa shape index (κ3) is 2.32. The summed E-state index contributed by atoms with van der Waals surface area (Å²) in [6.07, 6.45) is 7.27. The molecule has 0 aliphatic heterocycles. The van der Waals surface area contributed by atoms with Gasteiger partial charge < -0.3 is 0 Å². The van der Waals surface area contributed by atoms with Crippen LogP contribution in [0, 0.1) is 23.7 Å². The maximum atomic E-state index is 8.73. The number of hydrogen-bond donors (Lipinski definition) is 0. The van der Waals surface area contributed by atoms with Crippen molar-refractivity contribution in [2.75, 3.05) is 0 Å². The molecule has 2 aromatic rings. The van der Waals surface area contributed by atoms with E-state index in [1.165, 1.54) is 0 Å². The van der Waals surface area contributed by atoms with Gasteiger partial charge in [-0.05, 0) is 18.2 Å². The van der Waals surface area contributed by atoms with Crippen molar-refractivity contribution in [2.45, 2.75) is 13.0 Å². The van der Waals surface area contributed by atoms with Crippen LogP contribution in [0.4, 0.5) is 0 Å². The van der Waals surface area contributed by atoms with Crippen molar-refractivity contribution < 1.29 is 0 Å². The van der Waals surface area contributed by atoms with Crippen molar-refractivity contribution in [3.8, 4) is 29.8 Å². The monoisotopic (exact) mass is 222 g/mol. The highest BCUT2D eigenvalue weighted by Crippen LogP contribution is 2.16. The molecule has 0 amide bonds. The van der Waals surface area contributed by atoms with Gasteiger partial charge in [-0.2, -0.15) is 10.4 Å². The number of hydrogen-bond acceptors (Lipinski definition) is 3. The summed E-state index contributed by atoms with van der Waals surface area (Å²) in [5.74, 6) is 2.52. The minimum absolute atomic E-state index is 0.293. The van der Waals surface area contributed by atoms with Gasteiger partial charge in [-0.15, -0.1) is 6.42 Å². The van der Waals surface area contributed by atoms with E-state index in [-0.39, 0.29) is 0 Å². The Bertz CT molecular complexity index is 551. The van der Waals surface area contributed by atoms with E-state index in [1.54, 1.807) is 10.9 Å². The van der Waals surface area contributed by atoms with Crippen molar-refractivity contribution in [3.63, 3.8) is 0 Å². The fourth-order valence-corrected chi connectivity index (χ4v) is 1.54. The van der Waals surface area contributed by atoms with Gasteiger partial charge in [-0.25, -0.2) is 0 Å². The average Bonchev–Trinajstić information content (AvgIpc) is 2.75. The van der Waals surface area contributed by atoms with Crippen molar-refractivity contribution >= 4 is 0 Å². The number of rotatable bonds is 3. The van der Waals surface area contributed by atoms with E-state index in [9.17, 15) is 0 Å². The zero-order valence-corrected chi connectivity index (χ0v) is 9.17. The lowest BCUT2D eigenvalue weighted by molar-refractivity contribution is 0.684. The molecule has 4 heteroatoms. The second kappa shape index (κ2) is 4.96. The summed E-state index contributed by atoms with van der Waals surface area (Å²) in [7, 11) is 0. The molecule has 0 saturated carbocycles. The van der Waals surface area contributed by atoms with E-state index in [1.807, 2.05) is 24.3 Å². The van der Waals surface area contributed by atoms with Gasteiger partial charge in [0.15, 0.2) is 0 Å². The van der Waals surface area contributed by atoms with Gasteiger partial charge in [0, 0.05) is 6.20 Å². The maximum Gasteiger partial charge on any atom is 0.111 e. The van der Waals surface area contributed by atoms with Crippen LogP contribution < -0.4 is 0 Å². The van der Waals surface area contributed by atoms with Crippen molar-refractivity contribution in [2.24, 2.45) is 0 Å². The van der Waals surface area contributed by atoms with Crippen LogP contribution >= 0.6 is 0 Å². The normalized spacial score (nSPS) is 9.53. The van der Waals surface area contributed by atoms with E-state index in [2.05, 4.69) is 22.1 Å². The van der Waals surface area contributed by atoms with Crippen LogP contribution in [0.2, 0.25) is 0 Å². The molecule has 2 heterocycles. The first-order valence-electron chi connectivity index (χ1n) is 5.13. The van der Waals surface area contributed by atoms with Gasteiger partial charge >= 0.3 is 0 Å². The zero-order valence-electron chi connectivity index (χ0n) is 9.17. The molecule has 2 rings (SSSR count). The lowest BCUT2D eigenvalue weighted by atomic mass is 10.2. The van der Waals surface area contributed by atoms with Crippen LogP contribution in [0.3, 0.4) is 0 Å². The highest BCUT2D eigenvalue weighted by atomic mass is 15.3. The Labute approximate surface area is 99.5 Å². The SMILES string of the molecule is C#CCn1nc(-c2ccccn2)cc1CC#N. The largest absolute Gasteiger partial charge is 0.256 e. The lowest BCUT2D eigenvalue weighted by Crippen LogP contribution is -2.02. The molecule has 2 aromatic heterocycles. The fourth-order valence-electron chi connectivity index (χ4n) is 1.54. The minimum atomic E-state index is 0.293. The van der Waals surface area contributed by atoms with Crippen LogP contribution in [-0.2, 0) is 13.0 Å². The summed E-state index contributed by atoms with van der Waals surface area (Å²) >= 11 is 0. The van der Waals surface area contributed by atoms with Gasteiger partial charge in [0.05, 0.1) is 23.9 Å². The first kappa shape index (κ1) is 10.9. The van der Waals surface area contributed by atoms with Gasteiger partial charge in [0.1, 0.15) is 12.2 Å².